The SMILES string of the molecule is Cn1nc(CN2CCC(Cl)CC2)c2ccccc21. The van der Waals surface area contributed by atoms with Crippen LogP contribution in [0.25, 0.3) is 10.9 Å². The van der Waals surface area contributed by atoms with Crippen molar-refractivity contribution < 1.29 is 0 Å². The van der Waals surface area contributed by atoms with Gasteiger partial charge in [0.2, 0.25) is 0 Å². The molecule has 1 aliphatic rings. The number of piperidine rings is 1. The van der Waals surface area contributed by atoms with Gasteiger partial charge in [-0.1, -0.05) is 18.2 Å². The van der Waals surface area contributed by atoms with E-state index in [2.05, 4.69) is 34.3 Å². The van der Waals surface area contributed by atoms with Crippen LogP contribution in [0.15, 0.2) is 24.3 Å². The second-order valence-corrected chi connectivity index (χ2v) is 5.66. The van der Waals surface area contributed by atoms with Crippen LogP contribution in [-0.2, 0) is 13.6 Å². The summed E-state index contributed by atoms with van der Waals surface area (Å²) in [5.41, 5.74) is 2.39. The monoisotopic (exact) mass is 263 g/mol. The maximum Gasteiger partial charge on any atom is 0.0843 e. The highest BCUT2D eigenvalue weighted by Gasteiger charge is 2.19. The number of fused-ring (bicyclic) bond motifs is 1. The maximum atomic E-state index is 6.14. The van der Waals surface area contributed by atoms with Crippen molar-refractivity contribution in [2.45, 2.75) is 24.8 Å². The molecule has 0 bridgehead atoms. The van der Waals surface area contributed by atoms with Crippen molar-refractivity contribution in [1.29, 1.82) is 0 Å². The fourth-order valence-electron chi connectivity index (χ4n) is 2.68. The molecule has 1 aromatic carbocycles. The summed E-state index contributed by atoms with van der Waals surface area (Å²) in [5.74, 6) is 0. The number of rotatable bonds is 2. The third-order valence-electron chi connectivity index (χ3n) is 3.72. The number of likely N-dealkylation sites (tertiary alicyclic amines) is 1. The molecular formula is C14H18ClN3. The molecule has 0 saturated carbocycles. The smallest absolute Gasteiger partial charge is 0.0843 e. The van der Waals surface area contributed by atoms with Gasteiger partial charge >= 0.3 is 0 Å². The summed E-state index contributed by atoms with van der Waals surface area (Å²) in [7, 11) is 2.01. The van der Waals surface area contributed by atoms with E-state index in [0.29, 0.717) is 5.38 Å². The molecule has 3 nitrogen and oxygen atoms in total. The number of hydrogen-bond donors (Lipinski definition) is 0. The first kappa shape index (κ1) is 12.0. The first-order chi connectivity index (χ1) is 8.74. The molecule has 1 fully saturated rings. The number of aryl methyl sites for hydroxylation is 1. The maximum absolute atomic E-state index is 6.14. The Labute approximate surface area is 112 Å². The van der Waals surface area contributed by atoms with E-state index >= 15 is 0 Å². The van der Waals surface area contributed by atoms with Crippen molar-refractivity contribution in [2.75, 3.05) is 13.1 Å². The van der Waals surface area contributed by atoms with Gasteiger partial charge in [-0.15, -0.1) is 11.6 Å². The highest BCUT2D eigenvalue weighted by atomic mass is 35.5. The second-order valence-electron chi connectivity index (χ2n) is 5.04. The van der Waals surface area contributed by atoms with Gasteiger partial charge in [-0.05, 0) is 32.0 Å². The van der Waals surface area contributed by atoms with Gasteiger partial charge in [0.15, 0.2) is 0 Å². The number of aromatic nitrogens is 2. The van der Waals surface area contributed by atoms with Crippen molar-refractivity contribution >= 4 is 22.5 Å². The molecule has 4 heteroatoms. The standard InChI is InChI=1S/C14H18ClN3/c1-17-14-5-3-2-4-12(14)13(16-17)10-18-8-6-11(15)7-9-18/h2-5,11H,6-10H2,1H3. The van der Waals surface area contributed by atoms with E-state index in [0.717, 1.165) is 32.5 Å². The minimum absolute atomic E-state index is 0.363. The fourth-order valence-corrected chi connectivity index (χ4v) is 2.87. The lowest BCUT2D eigenvalue weighted by molar-refractivity contribution is 0.221. The highest BCUT2D eigenvalue weighted by molar-refractivity contribution is 6.20. The molecule has 0 spiro atoms. The third kappa shape index (κ3) is 2.25. The molecule has 0 amide bonds. The number of benzene rings is 1. The molecule has 2 aromatic rings. The normalized spacial score (nSPS) is 18.6. The number of halogens is 1. The Kier molecular flexibility index (Phi) is 3.27. The number of para-hydroxylation sites is 1. The van der Waals surface area contributed by atoms with Crippen LogP contribution >= 0.6 is 11.6 Å². The van der Waals surface area contributed by atoms with Crippen molar-refractivity contribution in [2.24, 2.45) is 7.05 Å². The van der Waals surface area contributed by atoms with Crippen LogP contribution in [-0.4, -0.2) is 33.1 Å². The van der Waals surface area contributed by atoms with Gasteiger partial charge in [-0.2, -0.15) is 5.10 Å². The fraction of sp³-hybridized carbons (Fsp3) is 0.500. The third-order valence-corrected chi connectivity index (χ3v) is 4.16. The first-order valence-corrected chi connectivity index (χ1v) is 6.95. The van der Waals surface area contributed by atoms with Crippen molar-refractivity contribution in [3.63, 3.8) is 0 Å². The number of nitrogens with zero attached hydrogens (tertiary/aromatic N) is 3. The van der Waals surface area contributed by atoms with Crippen molar-refractivity contribution in [3.05, 3.63) is 30.0 Å². The highest BCUT2D eigenvalue weighted by Crippen LogP contribution is 2.22. The van der Waals surface area contributed by atoms with Gasteiger partial charge in [-0.25, -0.2) is 0 Å². The molecule has 18 heavy (non-hydrogen) atoms. The van der Waals surface area contributed by atoms with E-state index in [4.69, 9.17) is 11.6 Å². The zero-order valence-electron chi connectivity index (χ0n) is 10.6. The Balaban J connectivity index is 1.82. The molecule has 96 valence electrons. The molecule has 1 saturated heterocycles. The lowest BCUT2D eigenvalue weighted by Gasteiger charge is -2.28. The Bertz CT molecular complexity index is 541. The van der Waals surface area contributed by atoms with E-state index in [9.17, 15) is 0 Å². The quantitative estimate of drug-likeness (QED) is 0.777. The summed E-state index contributed by atoms with van der Waals surface area (Å²) in [6, 6.07) is 8.42. The average Bonchev–Trinajstić information content (AvgIpc) is 2.70. The first-order valence-electron chi connectivity index (χ1n) is 6.51. The van der Waals surface area contributed by atoms with Crippen LogP contribution in [0.3, 0.4) is 0 Å². The number of hydrogen-bond acceptors (Lipinski definition) is 2. The molecule has 3 rings (SSSR count). The summed E-state index contributed by atoms with van der Waals surface area (Å²) in [6.45, 7) is 3.10. The summed E-state index contributed by atoms with van der Waals surface area (Å²) in [5, 5.41) is 6.28. The van der Waals surface area contributed by atoms with E-state index in [-0.39, 0.29) is 0 Å². The molecule has 0 unspecified atom stereocenters. The summed E-state index contributed by atoms with van der Waals surface area (Å²) in [6.07, 6.45) is 2.18. The minimum Gasteiger partial charge on any atom is -0.297 e. The van der Waals surface area contributed by atoms with Gasteiger partial charge in [0.1, 0.15) is 0 Å². The Hall–Kier alpha value is -1.06. The van der Waals surface area contributed by atoms with Crippen LogP contribution in [0.5, 0.6) is 0 Å². The van der Waals surface area contributed by atoms with Crippen LogP contribution in [0, 0.1) is 0 Å². The zero-order valence-corrected chi connectivity index (χ0v) is 11.4. The van der Waals surface area contributed by atoms with Crippen molar-refractivity contribution in [3.8, 4) is 0 Å². The Morgan fingerprint density at radius 1 is 1.28 bits per heavy atom. The average molecular weight is 264 g/mol. The van der Waals surface area contributed by atoms with Crippen LogP contribution in [0.4, 0.5) is 0 Å². The second kappa shape index (κ2) is 4.90. The van der Waals surface area contributed by atoms with Crippen molar-refractivity contribution in [1.82, 2.24) is 14.7 Å². The summed E-state index contributed by atoms with van der Waals surface area (Å²) < 4.78 is 1.97. The van der Waals surface area contributed by atoms with Crippen LogP contribution in [0.1, 0.15) is 18.5 Å². The molecule has 0 aliphatic carbocycles. The lowest BCUT2D eigenvalue weighted by Crippen LogP contribution is -2.33. The Morgan fingerprint density at radius 2 is 2.00 bits per heavy atom. The largest absolute Gasteiger partial charge is 0.297 e. The van der Waals surface area contributed by atoms with Gasteiger partial charge in [0, 0.05) is 24.4 Å². The van der Waals surface area contributed by atoms with E-state index < -0.39 is 0 Å². The number of alkyl halides is 1. The van der Waals surface area contributed by atoms with Gasteiger partial charge < -0.3 is 0 Å². The molecule has 0 radical (unpaired) electrons. The molecule has 0 atom stereocenters. The topological polar surface area (TPSA) is 21.1 Å². The molecular weight excluding hydrogens is 246 g/mol. The van der Waals surface area contributed by atoms with E-state index in [1.165, 1.54) is 16.6 Å². The zero-order chi connectivity index (χ0) is 12.5. The van der Waals surface area contributed by atoms with Gasteiger partial charge in [-0.3, -0.25) is 9.58 Å². The van der Waals surface area contributed by atoms with E-state index in [1.54, 1.807) is 0 Å². The predicted molar refractivity (Wildman–Crippen MR) is 74.9 cm³/mol. The predicted octanol–water partition coefficient (Wildman–Crippen LogP) is 2.78. The summed E-state index contributed by atoms with van der Waals surface area (Å²) in [4.78, 5) is 2.45. The van der Waals surface area contributed by atoms with Crippen LogP contribution in [0.2, 0.25) is 0 Å². The van der Waals surface area contributed by atoms with Gasteiger partial charge in [0.05, 0.1) is 11.2 Å². The van der Waals surface area contributed by atoms with Crippen LogP contribution < -0.4 is 0 Å². The summed E-state index contributed by atoms with van der Waals surface area (Å²) >= 11 is 6.14. The molecule has 2 heterocycles. The Morgan fingerprint density at radius 3 is 2.78 bits per heavy atom. The molecule has 0 N–H and O–H groups in total. The lowest BCUT2D eigenvalue weighted by atomic mass is 10.1. The minimum atomic E-state index is 0.363. The molecule has 1 aliphatic heterocycles. The van der Waals surface area contributed by atoms with Gasteiger partial charge in [0.25, 0.3) is 0 Å². The molecule has 1 aromatic heterocycles. The van der Waals surface area contributed by atoms with E-state index in [1.807, 2.05) is 11.7 Å².